The van der Waals surface area contributed by atoms with E-state index in [-0.39, 0.29) is 12.0 Å². The van der Waals surface area contributed by atoms with Crippen molar-refractivity contribution >= 4 is 5.91 Å². The van der Waals surface area contributed by atoms with Gasteiger partial charge in [-0.1, -0.05) is 0 Å². The molecule has 1 unspecified atom stereocenters. The van der Waals surface area contributed by atoms with Crippen LogP contribution in [0, 0.1) is 0 Å². The fraction of sp³-hybridized carbons (Fsp3) is 0.400. The summed E-state index contributed by atoms with van der Waals surface area (Å²) >= 11 is 0. The predicted octanol–water partition coefficient (Wildman–Crippen LogP) is 2.40. The number of pyridine rings is 1. The molecule has 1 N–H and O–H groups in total. The summed E-state index contributed by atoms with van der Waals surface area (Å²) < 4.78 is 28.8. The number of carbonyl (C=O) groups excluding carboxylic acids is 1. The molecule has 1 saturated carbocycles. The number of nitrogens with zero attached hydrogens (tertiary/aromatic N) is 3. The van der Waals surface area contributed by atoms with Crippen LogP contribution in [-0.4, -0.2) is 32.6 Å². The Labute approximate surface area is 126 Å². The van der Waals surface area contributed by atoms with Gasteiger partial charge in [-0.3, -0.25) is 14.5 Å². The Balaban J connectivity index is 1.79. The molecular weight excluding hydrogens is 290 g/mol. The van der Waals surface area contributed by atoms with Gasteiger partial charge in [0, 0.05) is 43.2 Å². The van der Waals surface area contributed by atoms with E-state index >= 15 is 0 Å². The molecule has 0 radical (unpaired) electrons. The van der Waals surface area contributed by atoms with Gasteiger partial charge >= 0.3 is 0 Å². The first-order valence-electron chi connectivity index (χ1n) is 7.08. The van der Waals surface area contributed by atoms with Crippen molar-refractivity contribution in [1.29, 1.82) is 0 Å². The number of aromatic nitrogens is 3. The van der Waals surface area contributed by atoms with E-state index in [1.54, 1.807) is 36.4 Å². The lowest BCUT2D eigenvalue weighted by Crippen LogP contribution is -2.43. The second kappa shape index (κ2) is 5.47. The Morgan fingerprint density at radius 2 is 2.18 bits per heavy atom. The summed E-state index contributed by atoms with van der Waals surface area (Å²) in [4.78, 5) is 16.2. The van der Waals surface area contributed by atoms with Crippen LogP contribution >= 0.6 is 0 Å². The summed E-state index contributed by atoms with van der Waals surface area (Å²) in [6, 6.07) is 0.536. The van der Waals surface area contributed by atoms with Crippen molar-refractivity contribution in [3.05, 3.63) is 36.4 Å². The number of halogens is 2. The van der Waals surface area contributed by atoms with Gasteiger partial charge in [-0.15, -0.1) is 0 Å². The number of hydrogen-bond donors (Lipinski definition) is 1. The van der Waals surface area contributed by atoms with Gasteiger partial charge in [0.25, 0.3) is 11.8 Å². The lowest BCUT2D eigenvalue weighted by molar-refractivity contribution is -0.0164. The minimum absolute atomic E-state index is 0.175. The maximum absolute atomic E-state index is 13.6. The first-order chi connectivity index (χ1) is 10.5. The molecule has 1 atom stereocenters. The van der Waals surface area contributed by atoms with Crippen molar-refractivity contribution in [3.8, 4) is 11.1 Å². The van der Waals surface area contributed by atoms with Gasteiger partial charge in [-0.25, -0.2) is 8.78 Å². The van der Waals surface area contributed by atoms with Crippen molar-refractivity contribution in [2.75, 3.05) is 0 Å². The zero-order valence-corrected chi connectivity index (χ0v) is 12.1. The van der Waals surface area contributed by atoms with Gasteiger partial charge in [0.1, 0.15) is 0 Å². The monoisotopic (exact) mass is 306 g/mol. The van der Waals surface area contributed by atoms with Crippen LogP contribution in [0.4, 0.5) is 8.78 Å². The van der Waals surface area contributed by atoms with Gasteiger partial charge in [-0.2, -0.15) is 5.10 Å². The lowest BCUT2D eigenvalue weighted by Gasteiger charge is -2.20. The minimum Gasteiger partial charge on any atom is -0.343 e. The van der Waals surface area contributed by atoms with Gasteiger partial charge in [0.05, 0.1) is 17.8 Å². The second-order valence-electron chi connectivity index (χ2n) is 5.54. The quantitative estimate of drug-likeness (QED) is 0.947. The predicted molar refractivity (Wildman–Crippen MR) is 76.5 cm³/mol. The van der Waals surface area contributed by atoms with Crippen LogP contribution in [0.1, 0.15) is 29.6 Å². The van der Waals surface area contributed by atoms with Crippen LogP contribution < -0.4 is 5.32 Å². The second-order valence-corrected chi connectivity index (χ2v) is 5.54. The number of carbonyl (C=O) groups is 1. The van der Waals surface area contributed by atoms with Crippen LogP contribution in [0.25, 0.3) is 11.1 Å². The summed E-state index contributed by atoms with van der Waals surface area (Å²) in [5, 5.41) is 6.48. The van der Waals surface area contributed by atoms with Crippen molar-refractivity contribution in [3.63, 3.8) is 0 Å². The van der Waals surface area contributed by atoms with Crippen LogP contribution in [0.3, 0.4) is 0 Å². The van der Waals surface area contributed by atoms with Crippen molar-refractivity contribution in [2.45, 2.75) is 31.2 Å². The molecule has 1 aliphatic rings. The Bertz CT molecular complexity index is 698. The molecule has 3 rings (SSSR count). The van der Waals surface area contributed by atoms with E-state index < -0.39 is 17.9 Å². The van der Waals surface area contributed by atoms with E-state index in [9.17, 15) is 13.6 Å². The Hall–Kier alpha value is -2.31. The molecule has 2 heterocycles. The Morgan fingerprint density at radius 1 is 1.36 bits per heavy atom. The van der Waals surface area contributed by atoms with Crippen molar-refractivity contribution in [1.82, 2.24) is 20.1 Å². The Morgan fingerprint density at radius 3 is 2.82 bits per heavy atom. The lowest BCUT2D eigenvalue weighted by atomic mass is 10.1. The SMILES string of the molecule is Cn1cc(-c2cncc(C(=O)NC3CCCC3(F)F)c2)cn1. The van der Waals surface area contributed by atoms with E-state index in [0.717, 1.165) is 11.1 Å². The molecule has 1 aliphatic carbocycles. The smallest absolute Gasteiger partial charge is 0.267 e. The summed E-state index contributed by atoms with van der Waals surface area (Å²) in [6.07, 6.45) is 6.99. The molecule has 0 spiro atoms. The highest BCUT2D eigenvalue weighted by Crippen LogP contribution is 2.35. The summed E-state index contributed by atoms with van der Waals surface area (Å²) in [5.74, 6) is -3.35. The molecule has 22 heavy (non-hydrogen) atoms. The van der Waals surface area contributed by atoms with E-state index in [1.165, 1.54) is 6.20 Å². The molecule has 0 bridgehead atoms. The largest absolute Gasteiger partial charge is 0.343 e. The third-order valence-corrected chi connectivity index (χ3v) is 3.86. The highest BCUT2D eigenvalue weighted by molar-refractivity contribution is 5.95. The zero-order valence-electron chi connectivity index (χ0n) is 12.1. The molecule has 0 aromatic carbocycles. The summed E-state index contributed by atoms with van der Waals surface area (Å²) in [5.41, 5.74) is 1.80. The highest BCUT2D eigenvalue weighted by atomic mass is 19.3. The van der Waals surface area contributed by atoms with Gasteiger partial charge in [0.2, 0.25) is 0 Å². The van der Waals surface area contributed by atoms with E-state index in [4.69, 9.17) is 0 Å². The normalized spacial score (nSPS) is 20.0. The third-order valence-electron chi connectivity index (χ3n) is 3.86. The van der Waals surface area contributed by atoms with Crippen LogP contribution in [0.2, 0.25) is 0 Å². The van der Waals surface area contributed by atoms with Gasteiger partial charge in [0.15, 0.2) is 0 Å². The van der Waals surface area contributed by atoms with Gasteiger partial charge in [-0.05, 0) is 18.9 Å². The topological polar surface area (TPSA) is 59.8 Å². The molecule has 2 aromatic heterocycles. The first-order valence-corrected chi connectivity index (χ1v) is 7.08. The molecule has 116 valence electrons. The van der Waals surface area contributed by atoms with Crippen molar-refractivity contribution in [2.24, 2.45) is 7.05 Å². The number of aryl methyl sites for hydroxylation is 1. The molecular formula is C15H16F2N4O. The van der Waals surface area contributed by atoms with E-state index in [2.05, 4.69) is 15.4 Å². The van der Waals surface area contributed by atoms with Gasteiger partial charge < -0.3 is 5.32 Å². The number of rotatable bonds is 3. The summed E-state index contributed by atoms with van der Waals surface area (Å²) in [7, 11) is 1.79. The molecule has 0 saturated heterocycles. The van der Waals surface area contributed by atoms with E-state index in [0.29, 0.717) is 12.8 Å². The number of hydrogen-bond acceptors (Lipinski definition) is 3. The maximum atomic E-state index is 13.6. The molecule has 1 amide bonds. The number of alkyl halides is 2. The third kappa shape index (κ3) is 2.84. The van der Waals surface area contributed by atoms with Crippen LogP contribution in [0.15, 0.2) is 30.9 Å². The standard InChI is InChI=1S/C15H16F2N4O/c1-21-9-12(8-19-21)10-5-11(7-18-6-10)14(22)20-13-3-2-4-15(13,16)17/h5-9,13H,2-4H2,1H3,(H,20,22). The molecule has 1 fully saturated rings. The maximum Gasteiger partial charge on any atom is 0.267 e. The highest BCUT2D eigenvalue weighted by Gasteiger charge is 2.44. The molecule has 7 heteroatoms. The average molecular weight is 306 g/mol. The Kier molecular flexibility index (Phi) is 3.64. The minimum atomic E-state index is -2.83. The van der Waals surface area contributed by atoms with E-state index in [1.807, 2.05) is 0 Å². The fourth-order valence-corrected chi connectivity index (χ4v) is 2.64. The summed E-state index contributed by atoms with van der Waals surface area (Å²) in [6.45, 7) is 0. The molecule has 2 aromatic rings. The number of nitrogens with one attached hydrogen (secondary N) is 1. The fourth-order valence-electron chi connectivity index (χ4n) is 2.64. The van der Waals surface area contributed by atoms with Crippen molar-refractivity contribution < 1.29 is 13.6 Å². The average Bonchev–Trinajstić information content (AvgIpc) is 3.05. The van der Waals surface area contributed by atoms with Crippen LogP contribution in [-0.2, 0) is 7.05 Å². The number of amides is 1. The van der Waals surface area contributed by atoms with Crippen LogP contribution in [0.5, 0.6) is 0 Å². The first kappa shape index (κ1) is 14.6. The molecule has 0 aliphatic heterocycles. The molecule has 5 nitrogen and oxygen atoms in total. The zero-order chi connectivity index (χ0) is 15.7.